The largest absolute Gasteiger partial charge is 0.504 e. The molecule has 0 bridgehead atoms. The predicted molar refractivity (Wildman–Crippen MR) is 248 cm³/mol. The van der Waals surface area contributed by atoms with E-state index in [1.165, 1.54) is 27.0 Å². The van der Waals surface area contributed by atoms with Gasteiger partial charge in [-0.2, -0.15) is 0 Å². The number of benzene rings is 2. The number of Topliss-reactive ketones (excluding diaryl/α,β-unsaturated/α-hetero) is 3. The van der Waals surface area contributed by atoms with E-state index in [0.29, 0.717) is 17.5 Å². The van der Waals surface area contributed by atoms with Gasteiger partial charge in [0, 0.05) is 53.1 Å². The number of ether oxygens (including phenoxy) is 6. The Morgan fingerprint density at radius 1 is 1.03 bits per heavy atom. The molecule has 67 heavy (non-hydrogen) atoms. The number of alkyl carbamates (subject to hydrolysis) is 1. The molecule has 3 aliphatic heterocycles. The van der Waals surface area contributed by atoms with Gasteiger partial charge in [0.2, 0.25) is 0 Å². The van der Waals surface area contributed by atoms with Gasteiger partial charge >= 0.3 is 12.1 Å². The number of amides is 1. The van der Waals surface area contributed by atoms with Gasteiger partial charge in [-0.3, -0.25) is 29.1 Å². The van der Waals surface area contributed by atoms with Crippen LogP contribution in [0.15, 0.2) is 54.7 Å². The van der Waals surface area contributed by atoms with E-state index in [1.54, 1.807) is 66.9 Å². The van der Waals surface area contributed by atoms with E-state index in [-0.39, 0.29) is 49.1 Å². The third-order valence-electron chi connectivity index (χ3n) is 14.0. The van der Waals surface area contributed by atoms with Crippen molar-refractivity contribution < 1.29 is 62.6 Å². The van der Waals surface area contributed by atoms with Crippen LogP contribution in [0.5, 0.6) is 11.5 Å². The number of aliphatic hydroxyl groups excluding tert-OH is 1. The zero-order valence-corrected chi connectivity index (χ0v) is 40.4. The Kier molecular flexibility index (Phi) is 16.0. The number of esters is 1. The number of nitrogens with one attached hydrogen (secondary N) is 1. The molecule has 0 radical (unpaired) electrons. The fourth-order valence-corrected chi connectivity index (χ4v) is 10.2. The Labute approximate surface area is 392 Å². The quantitative estimate of drug-likeness (QED) is 0.0994. The molecule has 1 unspecified atom stereocenters. The number of rotatable bonds is 12. The number of cyclic esters (lactones) is 1. The van der Waals surface area contributed by atoms with E-state index in [9.17, 15) is 34.2 Å². The number of methoxy groups -OCH3 is 1. The first-order chi connectivity index (χ1) is 31.6. The summed E-state index contributed by atoms with van der Waals surface area (Å²) in [4.78, 5) is 75.1. The van der Waals surface area contributed by atoms with Gasteiger partial charge in [-0.1, -0.05) is 58.0 Å². The van der Waals surface area contributed by atoms with Gasteiger partial charge in [-0.25, -0.2) is 4.79 Å². The van der Waals surface area contributed by atoms with E-state index >= 15 is 0 Å². The average molecular weight is 930 g/mol. The number of aromatic hydroxyl groups is 1. The summed E-state index contributed by atoms with van der Waals surface area (Å²) in [6.07, 6.45) is -0.193. The van der Waals surface area contributed by atoms with Gasteiger partial charge in [-0.15, -0.1) is 0 Å². The first-order valence-electron chi connectivity index (χ1n) is 23.1. The van der Waals surface area contributed by atoms with Crippen LogP contribution in [0.1, 0.15) is 103 Å². The van der Waals surface area contributed by atoms with Crippen LogP contribution in [-0.4, -0.2) is 124 Å². The number of phenolic OH excluding ortho intramolecular Hbond substituents is 1. The SMILES string of the molecule is CC[C@@H]1OC(=O)[C@H](C)C(=O)[C@H](C)[C@@H](OC2O[C@H](C)C[C@H](N(C)Cc3cc(C(C)=O)cc(OC)c3O)[C@H]2O)[C@@](C)(OC/C=C/c2cnc3ccccc3c2)C[C@@H](C)C(=O)[C@@H](C)[C@H]2NC(=O)O[C@]12C. The zero-order chi connectivity index (χ0) is 49.1. The van der Waals surface area contributed by atoms with Crippen molar-refractivity contribution in [3.8, 4) is 11.5 Å². The van der Waals surface area contributed by atoms with Gasteiger partial charge in [0.1, 0.15) is 23.9 Å². The molecular weight excluding hydrogens is 863 g/mol. The molecule has 13 atom stereocenters. The topological polar surface area (TPSA) is 209 Å². The highest BCUT2D eigenvalue weighted by Crippen LogP contribution is 2.41. The molecule has 1 amide bonds. The van der Waals surface area contributed by atoms with Crippen molar-refractivity contribution in [3.05, 3.63) is 71.4 Å². The molecule has 3 saturated heterocycles. The van der Waals surface area contributed by atoms with Crippen LogP contribution < -0.4 is 10.1 Å². The van der Waals surface area contributed by atoms with Crippen LogP contribution in [0.25, 0.3) is 17.0 Å². The number of ketones is 3. The Morgan fingerprint density at radius 2 is 1.75 bits per heavy atom. The molecule has 3 aliphatic rings. The summed E-state index contributed by atoms with van der Waals surface area (Å²) in [7, 11) is 3.16. The first kappa shape index (κ1) is 51.1. The molecule has 0 aliphatic carbocycles. The van der Waals surface area contributed by atoms with E-state index in [1.807, 2.05) is 48.2 Å². The highest BCUT2D eigenvalue weighted by atomic mass is 16.7. The summed E-state index contributed by atoms with van der Waals surface area (Å²) in [5.41, 5.74) is -0.504. The maximum Gasteiger partial charge on any atom is 0.408 e. The Bertz CT molecular complexity index is 2360. The molecule has 0 spiro atoms. The first-order valence-corrected chi connectivity index (χ1v) is 23.1. The number of pyridine rings is 1. The van der Waals surface area contributed by atoms with Crippen LogP contribution in [0.4, 0.5) is 4.79 Å². The standard InChI is InChI=1S/C51H67N3O13/c1-12-40-51(9)45(53-49(61)67-51)29(4)41(56)27(2)24-50(8,63-19-15-16-33-21-34-17-13-14-18-37(34)52-25-33)46(30(5)42(57)31(6)47(60)65-40)66-48-44(59)38(20-28(3)64-48)54(10)26-36-22-35(32(7)55)23-39(62-11)43(36)58/h13-18,21-23,25,27-31,38,40,44-46,48,58-59H,12,19-20,24,26H2,1-11H3,(H,53,61)/b16-15+/t27-,28-,29-,30+,31-,38+,40+,44-,45-,46-,48?,50+,51-/m1/s1. The molecule has 364 valence electrons. The minimum Gasteiger partial charge on any atom is -0.504 e. The fourth-order valence-electron chi connectivity index (χ4n) is 10.2. The number of carbonyl (C=O) groups is 5. The second-order valence-corrected chi connectivity index (χ2v) is 19.0. The Hall–Kier alpha value is -5.26. The molecule has 2 aromatic carbocycles. The molecule has 1 aromatic heterocycles. The molecule has 6 rings (SSSR count). The van der Waals surface area contributed by atoms with Crippen molar-refractivity contribution in [2.45, 2.75) is 142 Å². The van der Waals surface area contributed by atoms with E-state index < -0.39 is 95.5 Å². The number of carbonyl (C=O) groups excluding carboxylic acids is 5. The zero-order valence-electron chi connectivity index (χ0n) is 40.4. The van der Waals surface area contributed by atoms with Gasteiger partial charge in [-0.05, 0) is 90.8 Å². The number of hydrogen-bond donors (Lipinski definition) is 3. The third kappa shape index (κ3) is 10.9. The number of phenols is 1. The van der Waals surface area contributed by atoms with Crippen molar-refractivity contribution in [1.82, 2.24) is 15.2 Å². The smallest absolute Gasteiger partial charge is 0.408 e. The molecule has 3 fully saturated rings. The Morgan fingerprint density at radius 3 is 2.43 bits per heavy atom. The van der Waals surface area contributed by atoms with Crippen LogP contribution in [-0.2, 0) is 44.6 Å². The molecule has 3 N–H and O–H groups in total. The van der Waals surface area contributed by atoms with Gasteiger partial charge < -0.3 is 44.0 Å². The number of hydrogen-bond acceptors (Lipinski definition) is 15. The lowest BCUT2D eigenvalue weighted by atomic mass is 9.73. The number of nitrogens with zero attached hydrogens (tertiary/aromatic N) is 2. The minimum absolute atomic E-state index is 0.00734. The lowest BCUT2D eigenvalue weighted by Gasteiger charge is -2.47. The number of para-hydroxylation sites is 1. The van der Waals surface area contributed by atoms with Crippen LogP contribution in [0.2, 0.25) is 0 Å². The molecule has 3 aromatic rings. The molecule has 16 nitrogen and oxygen atoms in total. The second-order valence-electron chi connectivity index (χ2n) is 19.0. The van der Waals surface area contributed by atoms with E-state index in [2.05, 4.69) is 10.3 Å². The number of likely N-dealkylation sites (N-methyl/N-ethyl adjacent to an activating group) is 1. The molecule has 4 heterocycles. The van der Waals surface area contributed by atoms with Crippen molar-refractivity contribution in [2.75, 3.05) is 20.8 Å². The summed E-state index contributed by atoms with van der Waals surface area (Å²) in [5, 5.41) is 27.0. The van der Waals surface area contributed by atoms with E-state index in [0.717, 1.165) is 16.5 Å². The minimum atomic E-state index is -1.48. The maximum atomic E-state index is 14.7. The Balaban J connectivity index is 1.38. The third-order valence-corrected chi connectivity index (χ3v) is 14.0. The van der Waals surface area contributed by atoms with Crippen molar-refractivity contribution in [1.29, 1.82) is 0 Å². The molecule has 16 heteroatoms. The summed E-state index contributed by atoms with van der Waals surface area (Å²) in [6, 6.07) is 11.3. The summed E-state index contributed by atoms with van der Waals surface area (Å²) in [6.45, 7) is 15.0. The highest BCUT2D eigenvalue weighted by Gasteiger charge is 2.57. The summed E-state index contributed by atoms with van der Waals surface area (Å²) in [5.74, 6) is -5.87. The summed E-state index contributed by atoms with van der Waals surface area (Å²) < 4.78 is 37.2. The number of aliphatic hydroxyl groups is 1. The maximum absolute atomic E-state index is 14.7. The molecular formula is C51H67N3O13. The fraction of sp³-hybridized carbons (Fsp3) is 0.569. The van der Waals surface area contributed by atoms with Gasteiger partial charge in [0.05, 0.1) is 43.1 Å². The van der Waals surface area contributed by atoms with Crippen LogP contribution in [0, 0.1) is 23.7 Å². The summed E-state index contributed by atoms with van der Waals surface area (Å²) >= 11 is 0. The van der Waals surface area contributed by atoms with Crippen LogP contribution >= 0.6 is 0 Å². The monoisotopic (exact) mass is 929 g/mol. The van der Waals surface area contributed by atoms with Crippen LogP contribution in [0.3, 0.4) is 0 Å². The number of aromatic nitrogens is 1. The van der Waals surface area contributed by atoms with Crippen molar-refractivity contribution in [2.24, 2.45) is 23.7 Å². The van der Waals surface area contributed by atoms with E-state index in [4.69, 9.17) is 28.4 Å². The van der Waals surface area contributed by atoms with Gasteiger partial charge in [0.25, 0.3) is 0 Å². The van der Waals surface area contributed by atoms with Crippen molar-refractivity contribution in [3.63, 3.8) is 0 Å². The lowest BCUT2D eigenvalue weighted by molar-refractivity contribution is -0.297. The van der Waals surface area contributed by atoms with Crippen molar-refractivity contribution >= 4 is 46.4 Å². The normalized spacial score (nSPS) is 33.2. The lowest BCUT2D eigenvalue weighted by Crippen LogP contribution is -2.60. The average Bonchev–Trinajstić information content (AvgIpc) is 3.62. The van der Waals surface area contributed by atoms with Gasteiger partial charge in [0.15, 0.2) is 35.0 Å². The number of fused-ring (bicyclic) bond motifs is 2. The second kappa shape index (κ2) is 20.9. The predicted octanol–water partition coefficient (Wildman–Crippen LogP) is 6.60. The molecule has 0 saturated carbocycles. The highest BCUT2D eigenvalue weighted by molar-refractivity contribution is 6.00.